The monoisotopic (exact) mass is 168 g/mol. The van der Waals surface area contributed by atoms with Crippen molar-refractivity contribution < 1.29 is 5.11 Å². The third-order valence-electron chi connectivity index (χ3n) is 4.38. The van der Waals surface area contributed by atoms with Crippen molar-refractivity contribution in [1.82, 2.24) is 0 Å². The van der Waals surface area contributed by atoms with E-state index in [1.165, 1.54) is 38.5 Å². The number of rotatable bonds is 1. The predicted octanol–water partition coefficient (Wildman–Crippen LogP) is 2.87. The first kappa shape index (κ1) is 8.55. The summed E-state index contributed by atoms with van der Waals surface area (Å²) < 4.78 is 0. The van der Waals surface area contributed by atoms with Gasteiger partial charge in [0.2, 0.25) is 0 Å². The zero-order chi connectivity index (χ0) is 8.66. The first-order chi connectivity index (χ1) is 5.72. The molecule has 0 aromatic rings. The van der Waals surface area contributed by atoms with E-state index >= 15 is 0 Å². The quantitative estimate of drug-likeness (QED) is 0.638. The van der Waals surface area contributed by atoms with Crippen molar-refractivity contribution >= 4 is 0 Å². The molecule has 0 amide bonds. The first-order valence-electron chi connectivity index (χ1n) is 5.45. The summed E-state index contributed by atoms with van der Waals surface area (Å²) in [5.41, 5.74) is 0.0608. The topological polar surface area (TPSA) is 20.2 Å². The van der Waals surface area contributed by atoms with Crippen molar-refractivity contribution in [3.8, 4) is 0 Å². The Bertz CT molecular complexity index is 164. The number of hydrogen-bond acceptors (Lipinski definition) is 1. The molecule has 0 heterocycles. The molecule has 0 unspecified atom stereocenters. The summed E-state index contributed by atoms with van der Waals surface area (Å²) in [6.07, 6.45) is 9.84. The SMILES string of the molecule is CC[C@@]1(O)CCCC12CCCC2. The lowest BCUT2D eigenvalue weighted by molar-refractivity contribution is -0.0613. The summed E-state index contributed by atoms with van der Waals surface area (Å²) in [4.78, 5) is 0. The smallest absolute Gasteiger partial charge is 0.0701 e. The van der Waals surface area contributed by atoms with Gasteiger partial charge in [-0.3, -0.25) is 0 Å². The van der Waals surface area contributed by atoms with Crippen LogP contribution in [0.3, 0.4) is 0 Å². The normalized spacial score (nSPS) is 39.5. The fourth-order valence-corrected chi connectivity index (χ4v) is 3.54. The van der Waals surface area contributed by atoms with Crippen LogP contribution in [0.25, 0.3) is 0 Å². The van der Waals surface area contributed by atoms with Crippen LogP contribution in [-0.4, -0.2) is 10.7 Å². The molecule has 1 N–H and O–H groups in total. The highest BCUT2D eigenvalue weighted by Crippen LogP contribution is 2.57. The van der Waals surface area contributed by atoms with Gasteiger partial charge in [-0.1, -0.05) is 19.8 Å². The molecule has 12 heavy (non-hydrogen) atoms. The molecule has 2 aliphatic rings. The standard InChI is InChI=1S/C11H20O/c1-2-11(12)9-5-8-10(11)6-3-4-7-10/h12H,2-9H2,1H3/t11-/m1/s1. The van der Waals surface area contributed by atoms with Crippen molar-refractivity contribution in [2.45, 2.75) is 63.9 Å². The Hall–Kier alpha value is -0.0400. The van der Waals surface area contributed by atoms with Crippen LogP contribution < -0.4 is 0 Å². The number of hydrogen-bond donors (Lipinski definition) is 1. The lowest BCUT2D eigenvalue weighted by Crippen LogP contribution is -2.41. The van der Waals surface area contributed by atoms with Gasteiger partial charge >= 0.3 is 0 Å². The van der Waals surface area contributed by atoms with Crippen LogP contribution >= 0.6 is 0 Å². The summed E-state index contributed by atoms with van der Waals surface area (Å²) in [5, 5.41) is 10.5. The summed E-state index contributed by atoms with van der Waals surface area (Å²) in [5.74, 6) is 0. The van der Waals surface area contributed by atoms with Crippen molar-refractivity contribution in [1.29, 1.82) is 0 Å². The van der Waals surface area contributed by atoms with Gasteiger partial charge in [0.1, 0.15) is 0 Å². The molecule has 2 aliphatic carbocycles. The Balaban J connectivity index is 2.22. The second-order valence-corrected chi connectivity index (χ2v) is 4.73. The maximum Gasteiger partial charge on any atom is 0.0701 e. The molecule has 0 bridgehead atoms. The highest BCUT2D eigenvalue weighted by Gasteiger charge is 2.53. The van der Waals surface area contributed by atoms with Gasteiger partial charge in [0.05, 0.1) is 5.60 Å². The first-order valence-corrected chi connectivity index (χ1v) is 5.45. The maximum atomic E-state index is 10.5. The van der Waals surface area contributed by atoms with Gasteiger partial charge in [-0.25, -0.2) is 0 Å². The Morgan fingerprint density at radius 2 is 1.58 bits per heavy atom. The Morgan fingerprint density at radius 3 is 2.17 bits per heavy atom. The molecule has 1 heteroatoms. The summed E-state index contributed by atoms with van der Waals surface area (Å²) in [6.45, 7) is 2.14. The maximum absolute atomic E-state index is 10.5. The van der Waals surface area contributed by atoms with E-state index in [0.29, 0.717) is 5.41 Å². The minimum absolute atomic E-state index is 0.288. The predicted molar refractivity (Wildman–Crippen MR) is 50.0 cm³/mol. The van der Waals surface area contributed by atoms with Crippen molar-refractivity contribution in [2.75, 3.05) is 0 Å². The van der Waals surface area contributed by atoms with Crippen molar-refractivity contribution in [2.24, 2.45) is 5.41 Å². The molecule has 0 aliphatic heterocycles. The molecule has 2 rings (SSSR count). The van der Waals surface area contributed by atoms with Crippen LogP contribution in [-0.2, 0) is 0 Å². The van der Waals surface area contributed by atoms with Crippen LogP contribution in [0.15, 0.2) is 0 Å². The van der Waals surface area contributed by atoms with Gasteiger partial charge in [0, 0.05) is 0 Å². The van der Waals surface area contributed by atoms with Gasteiger partial charge in [-0.15, -0.1) is 0 Å². The third kappa shape index (κ3) is 0.953. The molecule has 2 fully saturated rings. The van der Waals surface area contributed by atoms with E-state index in [4.69, 9.17) is 0 Å². The van der Waals surface area contributed by atoms with E-state index in [9.17, 15) is 5.11 Å². The van der Waals surface area contributed by atoms with Crippen LogP contribution in [0, 0.1) is 5.41 Å². The van der Waals surface area contributed by atoms with Gasteiger partial charge < -0.3 is 5.11 Å². The van der Waals surface area contributed by atoms with E-state index in [2.05, 4.69) is 6.92 Å². The molecule has 0 radical (unpaired) electrons. The van der Waals surface area contributed by atoms with Crippen molar-refractivity contribution in [3.05, 3.63) is 0 Å². The molecule has 70 valence electrons. The van der Waals surface area contributed by atoms with E-state index in [1.54, 1.807) is 0 Å². The van der Waals surface area contributed by atoms with E-state index in [1.807, 2.05) is 0 Å². The number of aliphatic hydroxyl groups is 1. The third-order valence-corrected chi connectivity index (χ3v) is 4.38. The summed E-state index contributed by atoms with van der Waals surface area (Å²) >= 11 is 0. The molecule has 1 spiro atoms. The van der Waals surface area contributed by atoms with Crippen LogP contribution in [0.4, 0.5) is 0 Å². The van der Waals surface area contributed by atoms with E-state index < -0.39 is 0 Å². The van der Waals surface area contributed by atoms with E-state index in [-0.39, 0.29) is 5.60 Å². The molecular formula is C11H20O. The van der Waals surface area contributed by atoms with Crippen LogP contribution in [0.1, 0.15) is 58.3 Å². The zero-order valence-corrected chi connectivity index (χ0v) is 8.10. The van der Waals surface area contributed by atoms with Crippen LogP contribution in [0.5, 0.6) is 0 Å². The average Bonchev–Trinajstić information content (AvgIpc) is 2.64. The molecule has 1 atom stereocenters. The molecular weight excluding hydrogens is 148 g/mol. The van der Waals surface area contributed by atoms with Crippen molar-refractivity contribution in [3.63, 3.8) is 0 Å². The second kappa shape index (κ2) is 2.73. The Morgan fingerprint density at radius 1 is 1.00 bits per heavy atom. The molecule has 0 saturated heterocycles. The molecule has 0 aromatic carbocycles. The second-order valence-electron chi connectivity index (χ2n) is 4.73. The van der Waals surface area contributed by atoms with E-state index in [0.717, 1.165) is 12.8 Å². The minimum Gasteiger partial charge on any atom is -0.389 e. The van der Waals surface area contributed by atoms with Gasteiger partial charge in [-0.05, 0) is 43.9 Å². The lowest BCUT2D eigenvalue weighted by atomic mass is 9.71. The highest BCUT2D eigenvalue weighted by molar-refractivity contribution is 5.04. The van der Waals surface area contributed by atoms with Gasteiger partial charge in [-0.2, -0.15) is 0 Å². The zero-order valence-electron chi connectivity index (χ0n) is 8.10. The molecule has 0 aromatic heterocycles. The minimum atomic E-state index is -0.288. The lowest BCUT2D eigenvalue weighted by Gasteiger charge is -2.39. The Kier molecular flexibility index (Phi) is 1.95. The summed E-state index contributed by atoms with van der Waals surface area (Å²) in [7, 11) is 0. The summed E-state index contributed by atoms with van der Waals surface area (Å²) in [6, 6.07) is 0. The Labute approximate surface area is 75.2 Å². The average molecular weight is 168 g/mol. The van der Waals surface area contributed by atoms with Gasteiger partial charge in [0.15, 0.2) is 0 Å². The highest BCUT2D eigenvalue weighted by atomic mass is 16.3. The van der Waals surface area contributed by atoms with Gasteiger partial charge in [0.25, 0.3) is 0 Å². The fraction of sp³-hybridized carbons (Fsp3) is 1.00. The molecule has 2 saturated carbocycles. The largest absolute Gasteiger partial charge is 0.389 e. The molecule has 1 nitrogen and oxygen atoms in total. The van der Waals surface area contributed by atoms with Crippen LogP contribution in [0.2, 0.25) is 0 Å². The fourth-order valence-electron chi connectivity index (χ4n) is 3.54.